The van der Waals surface area contributed by atoms with Crippen LogP contribution in [0.15, 0.2) is 162 Å². The van der Waals surface area contributed by atoms with Crippen molar-refractivity contribution in [3.63, 3.8) is 0 Å². The van der Waals surface area contributed by atoms with Gasteiger partial charge in [0.05, 0.1) is 46.4 Å². The molecule has 0 saturated heterocycles. The summed E-state index contributed by atoms with van der Waals surface area (Å²) in [7, 11) is 0. The smallest absolute Gasteiger partial charge is 0.340 e. The highest BCUT2D eigenvalue weighted by Gasteiger charge is 2.25. The van der Waals surface area contributed by atoms with Gasteiger partial charge in [0, 0.05) is 22.3 Å². The fraction of sp³-hybridized carbons (Fsp3) is 0.0930. The Kier molecular flexibility index (Phi) is 8.85. The van der Waals surface area contributed by atoms with E-state index in [0.717, 1.165) is 55.8 Å². The second-order valence-corrected chi connectivity index (χ2v) is 11.7. The molecule has 0 amide bonds. The average molecular weight is 641 g/mol. The van der Waals surface area contributed by atoms with E-state index in [2.05, 4.69) is 54.6 Å². The fourth-order valence-electron chi connectivity index (χ4n) is 6.11. The molecule has 0 aliphatic heterocycles. The van der Waals surface area contributed by atoms with Crippen LogP contribution in [0, 0.1) is 0 Å². The monoisotopic (exact) mass is 640 g/mol. The molecule has 0 unspecified atom stereocenters. The Morgan fingerprint density at radius 2 is 1.06 bits per heavy atom. The lowest BCUT2D eigenvalue weighted by Crippen LogP contribution is -2.13. The maximum atomic E-state index is 13.6. The molecule has 0 bridgehead atoms. The van der Waals surface area contributed by atoms with Gasteiger partial charge in [-0.25, -0.2) is 14.1 Å². The summed E-state index contributed by atoms with van der Waals surface area (Å²) in [6, 6.07) is 50.9. The molecular formula is C43H36N4O2. The second-order valence-electron chi connectivity index (χ2n) is 11.7. The highest BCUT2D eigenvalue weighted by Crippen LogP contribution is 2.37. The molecule has 2 heterocycles. The second kappa shape index (κ2) is 13.8. The Morgan fingerprint density at radius 1 is 0.571 bits per heavy atom. The fourth-order valence-corrected chi connectivity index (χ4v) is 6.11. The van der Waals surface area contributed by atoms with Crippen molar-refractivity contribution in [1.82, 2.24) is 9.35 Å². The van der Waals surface area contributed by atoms with Crippen LogP contribution in [0.5, 0.6) is 0 Å². The standard InChI is InChI=1S/C43H36N4O2/c1-4-49-43(48)38-29-41(35-22-12-7-13-23-35)47(42(38)37-26-16-24-32-17-14-15-25-36(32)37)45-31(3)30(2)44-46-39(33-18-8-5-9-19-33)27-28-40(46)34-20-10-6-11-21-34/h5-29H,4H2,1-3H3/b44-30+,45-31+. The number of hydrogen-bond acceptors (Lipinski definition) is 4. The molecule has 2 aromatic heterocycles. The van der Waals surface area contributed by atoms with Crippen LogP contribution < -0.4 is 0 Å². The summed E-state index contributed by atoms with van der Waals surface area (Å²) in [6.07, 6.45) is 0. The van der Waals surface area contributed by atoms with E-state index in [-0.39, 0.29) is 6.61 Å². The lowest BCUT2D eigenvalue weighted by molar-refractivity contribution is 0.0527. The number of fused-ring (bicyclic) bond motifs is 1. The van der Waals surface area contributed by atoms with Gasteiger partial charge >= 0.3 is 5.97 Å². The highest BCUT2D eigenvalue weighted by atomic mass is 16.5. The van der Waals surface area contributed by atoms with Gasteiger partial charge in [-0.3, -0.25) is 0 Å². The number of esters is 1. The van der Waals surface area contributed by atoms with Crippen LogP contribution in [0.4, 0.5) is 0 Å². The van der Waals surface area contributed by atoms with Gasteiger partial charge < -0.3 is 4.74 Å². The van der Waals surface area contributed by atoms with Crippen molar-refractivity contribution < 1.29 is 9.53 Å². The van der Waals surface area contributed by atoms with E-state index in [4.69, 9.17) is 14.9 Å². The van der Waals surface area contributed by atoms with Crippen LogP contribution in [-0.4, -0.2) is 33.4 Å². The largest absolute Gasteiger partial charge is 0.462 e. The van der Waals surface area contributed by atoms with Crippen molar-refractivity contribution in [3.05, 3.63) is 157 Å². The summed E-state index contributed by atoms with van der Waals surface area (Å²) < 4.78 is 9.48. The SMILES string of the molecule is CCOC(=O)c1cc(-c2ccccc2)n(/N=C(C)/C(C)=N/n2c(-c3ccccc3)ccc2-c2ccccc2)c1-c1cccc2ccccc12. The van der Waals surface area contributed by atoms with Gasteiger partial charge in [0.2, 0.25) is 0 Å². The number of benzene rings is 5. The first-order valence-electron chi connectivity index (χ1n) is 16.4. The lowest BCUT2D eigenvalue weighted by atomic mass is 10.00. The number of hydrogen-bond donors (Lipinski definition) is 0. The first-order valence-corrected chi connectivity index (χ1v) is 16.4. The first kappa shape index (κ1) is 31.3. The van der Waals surface area contributed by atoms with Crippen molar-refractivity contribution in [3.8, 4) is 45.0 Å². The third-order valence-corrected chi connectivity index (χ3v) is 8.60. The quantitative estimate of drug-likeness (QED) is 0.116. The van der Waals surface area contributed by atoms with Gasteiger partial charge in [0.15, 0.2) is 0 Å². The predicted molar refractivity (Wildman–Crippen MR) is 201 cm³/mol. The zero-order valence-electron chi connectivity index (χ0n) is 27.7. The molecule has 0 saturated carbocycles. The molecule has 0 N–H and O–H groups in total. The van der Waals surface area contributed by atoms with Gasteiger partial charge in [-0.2, -0.15) is 10.2 Å². The minimum absolute atomic E-state index is 0.262. The zero-order valence-corrected chi connectivity index (χ0v) is 27.7. The molecule has 5 aromatic carbocycles. The van der Waals surface area contributed by atoms with Gasteiger partial charge in [-0.1, -0.05) is 133 Å². The predicted octanol–water partition coefficient (Wildman–Crippen LogP) is 10.4. The number of nitrogens with zero attached hydrogens (tertiary/aromatic N) is 4. The van der Waals surface area contributed by atoms with Crippen LogP contribution in [0.1, 0.15) is 31.1 Å². The van der Waals surface area contributed by atoms with Crippen molar-refractivity contribution >= 4 is 28.2 Å². The van der Waals surface area contributed by atoms with E-state index in [0.29, 0.717) is 17.0 Å². The molecule has 0 radical (unpaired) electrons. The molecule has 7 rings (SSSR count). The van der Waals surface area contributed by atoms with Crippen LogP contribution >= 0.6 is 0 Å². The Morgan fingerprint density at radius 3 is 1.63 bits per heavy atom. The Balaban J connectivity index is 1.46. The molecule has 6 heteroatoms. The summed E-state index contributed by atoms with van der Waals surface area (Å²) in [5.74, 6) is -0.396. The molecule has 0 aliphatic carbocycles. The maximum Gasteiger partial charge on any atom is 0.340 e. The summed E-state index contributed by atoms with van der Waals surface area (Å²) >= 11 is 0. The van der Waals surface area contributed by atoms with Gasteiger partial charge in [-0.15, -0.1) is 0 Å². The minimum atomic E-state index is -0.396. The molecule has 0 fully saturated rings. The van der Waals surface area contributed by atoms with E-state index in [1.165, 1.54) is 0 Å². The van der Waals surface area contributed by atoms with Gasteiger partial charge in [-0.05, 0) is 49.7 Å². The molecule has 6 nitrogen and oxygen atoms in total. The molecule has 7 aromatic rings. The molecule has 0 aliphatic rings. The Bertz CT molecular complexity index is 2250. The van der Waals surface area contributed by atoms with E-state index >= 15 is 0 Å². The highest BCUT2D eigenvalue weighted by molar-refractivity contribution is 6.40. The van der Waals surface area contributed by atoms with Crippen molar-refractivity contribution in [1.29, 1.82) is 0 Å². The van der Waals surface area contributed by atoms with E-state index in [1.807, 2.05) is 127 Å². The molecule has 240 valence electrons. The first-order chi connectivity index (χ1) is 24.0. The summed E-state index contributed by atoms with van der Waals surface area (Å²) in [5, 5.41) is 12.5. The molecular weight excluding hydrogens is 604 g/mol. The zero-order chi connectivity index (χ0) is 33.7. The average Bonchev–Trinajstić information content (AvgIpc) is 3.74. The molecule has 49 heavy (non-hydrogen) atoms. The van der Waals surface area contributed by atoms with Crippen LogP contribution in [0.3, 0.4) is 0 Å². The molecule has 0 spiro atoms. The van der Waals surface area contributed by atoms with Gasteiger partial charge in [0.25, 0.3) is 0 Å². The third kappa shape index (κ3) is 6.24. The topological polar surface area (TPSA) is 60.9 Å². The van der Waals surface area contributed by atoms with E-state index in [1.54, 1.807) is 0 Å². The van der Waals surface area contributed by atoms with E-state index in [9.17, 15) is 4.79 Å². The normalized spacial score (nSPS) is 12.0. The van der Waals surface area contributed by atoms with Crippen LogP contribution in [-0.2, 0) is 4.74 Å². The molecule has 0 atom stereocenters. The summed E-state index contributed by atoms with van der Waals surface area (Å²) in [6.45, 7) is 6.01. The number of rotatable bonds is 9. The Hall–Kier alpha value is -6.27. The van der Waals surface area contributed by atoms with Crippen molar-refractivity contribution in [2.75, 3.05) is 6.61 Å². The summed E-state index contributed by atoms with van der Waals surface area (Å²) in [5.41, 5.74) is 9.17. The van der Waals surface area contributed by atoms with Crippen LogP contribution in [0.25, 0.3) is 55.8 Å². The summed E-state index contributed by atoms with van der Waals surface area (Å²) in [4.78, 5) is 13.6. The number of ether oxygens (including phenoxy) is 1. The maximum absolute atomic E-state index is 13.6. The minimum Gasteiger partial charge on any atom is -0.462 e. The number of carbonyl (C=O) groups is 1. The van der Waals surface area contributed by atoms with Crippen molar-refractivity contribution in [2.45, 2.75) is 20.8 Å². The third-order valence-electron chi connectivity index (χ3n) is 8.60. The number of aromatic nitrogens is 2. The number of carbonyl (C=O) groups excluding carboxylic acids is 1. The van der Waals surface area contributed by atoms with Crippen LogP contribution in [0.2, 0.25) is 0 Å². The van der Waals surface area contributed by atoms with Crippen molar-refractivity contribution in [2.24, 2.45) is 10.2 Å². The lowest BCUT2D eigenvalue weighted by Gasteiger charge is -2.14. The Labute approximate surface area is 286 Å². The van der Waals surface area contributed by atoms with E-state index < -0.39 is 5.97 Å². The van der Waals surface area contributed by atoms with Gasteiger partial charge in [0.1, 0.15) is 0 Å².